The minimum atomic E-state index is -0.524. The standard InChI is InChI=1S/C12H11N7O2/c1-2-13-11-10(19(20)21)12(15-7-14-11)18-9-6-4-3-5-8(9)16-17-18/h3-7H,2H2,1H3,(H,13,14,15). The number of aromatic nitrogens is 5. The van der Waals surface area contributed by atoms with Gasteiger partial charge in [-0.3, -0.25) is 10.1 Å². The van der Waals surface area contributed by atoms with Gasteiger partial charge in [-0.25, -0.2) is 9.97 Å². The van der Waals surface area contributed by atoms with Crippen molar-refractivity contribution < 1.29 is 4.92 Å². The Balaban J connectivity index is 2.27. The van der Waals surface area contributed by atoms with E-state index in [1.165, 1.54) is 11.0 Å². The highest BCUT2D eigenvalue weighted by molar-refractivity contribution is 5.77. The number of anilines is 1. The second-order valence-electron chi connectivity index (χ2n) is 4.17. The van der Waals surface area contributed by atoms with Crippen LogP contribution < -0.4 is 5.32 Å². The smallest absolute Gasteiger partial charge is 0.355 e. The van der Waals surface area contributed by atoms with E-state index < -0.39 is 4.92 Å². The van der Waals surface area contributed by atoms with E-state index in [2.05, 4.69) is 25.6 Å². The maximum Gasteiger partial charge on any atom is 0.355 e. The lowest BCUT2D eigenvalue weighted by Crippen LogP contribution is -2.10. The van der Waals surface area contributed by atoms with Gasteiger partial charge in [0.1, 0.15) is 11.8 Å². The molecule has 0 saturated carbocycles. The summed E-state index contributed by atoms with van der Waals surface area (Å²) in [5.41, 5.74) is 1.05. The molecule has 106 valence electrons. The second-order valence-corrected chi connectivity index (χ2v) is 4.17. The minimum absolute atomic E-state index is 0.0830. The summed E-state index contributed by atoms with van der Waals surface area (Å²) in [6.45, 7) is 2.34. The molecule has 0 saturated heterocycles. The van der Waals surface area contributed by atoms with Crippen LogP contribution in [0.1, 0.15) is 6.92 Å². The van der Waals surface area contributed by atoms with Crippen molar-refractivity contribution in [2.45, 2.75) is 6.92 Å². The molecule has 3 rings (SSSR count). The van der Waals surface area contributed by atoms with Crippen LogP contribution >= 0.6 is 0 Å². The number of nitro groups is 1. The predicted octanol–water partition coefficient (Wildman–Crippen LogP) is 1.55. The molecule has 0 fully saturated rings. The summed E-state index contributed by atoms with van der Waals surface area (Å²) in [5.74, 6) is 0.242. The molecule has 1 N–H and O–H groups in total. The fourth-order valence-corrected chi connectivity index (χ4v) is 2.01. The van der Waals surface area contributed by atoms with E-state index in [0.29, 0.717) is 17.6 Å². The Morgan fingerprint density at radius 3 is 2.90 bits per heavy atom. The van der Waals surface area contributed by atoms with Gasteiger partial charge >= 0.3 is 5.69 Å². The Morgan fingerprint density at radius 2 is 2.14 bits per heavy atom. The number of nitrogens with one attached hydrogen (secondary N) is 1. The Labute approximate surface area is 118 Å². The van der Waals surface area contributed by atoms with Crippen LogP contribution in [0.3, 0.4) is 0 Å². The number of benzene rings is 1. The monoisotopic (exact) mass is 285 g/mol. The van der Waals surface area contributed by atoms with E-state index in [1.54, 1.807) is 18.2 Å². The summed E-state index contributed by atoms with van der Waals surface area (Å²) < 4.78 is 1.34. The van der Waals surface area contributed by atoms with Crippen molar-refractivity contribution in [1.82, 2.24) is 25.0 Å². The van der Waals surface area contributed by atoms with Gasteiger partial charge < -0.3 is 5.32 Å². The molecule has 0 aliphatic rings. The molecular formula is C12H11N7O2. The zero-order chi connectivity index (χ0) is 14.8. The molecule has 21 heavy (non-hydrogen) atoms. The largest absolute Gasteiger partial charge is 0.364 e. The highest BCUT2D eigenvalue weighted by atomic mass is 16.6. The first-order chi connectivity index (χ1) is 10.2. The summed E-state index contributed by atoms with van der Waals surface area (Å²) in [6.07, 6.45) is 1.26. The topological polar surface area (TPSA) is 112 Å². The van der Waals surface area contributed by atoms with Crippen LogP contribution in [0.2, 0.25) is 0 Å². The van der Waals surface area contributed by atoms with Crippen LogP contribution in [-0.2, 0) is 0 Å². The van der Waals surface area contributed by atoms with Crippen molar-refractivity contribution in [3.05, 3.63) is 40.7 Å². The lowest BCUT2D eigenvalue weighted by Gasteiger charge is -2.06. The third-order valence-corrected chi connectivity index (χ3v) is 2.88. The molecule has 2 aromatic heterocycles. The molecule has 0 radical (unpaired) electrons. The Morgan fingerprint density at radius 1 is 1.33 bits per heavy atom. The molecule has 1 aromatic carbocycles. The third-order valence-electron chi connectivity index (χ3n) is 2.88. The van der Waals surface area contributed by atoms with Crippen molar-refractivity contribution in [2.24, 2.45) is 0 Å². The van der Waals surface area contributed by atoms with Crippen LogP contribution in [-0.4, -0.2) is 36.4 Å². The average Bonchev–Trinajstić information content (AvgIpc) is 2.91. The zero-order valence-corrected chi connectivity index (χ0v) is 11.1. The summed E-state index contributed by atoms with van der Waals surface area (Å²) in [4.78, 5) is 18.8. The molecule has 0 aliphatic carbocycles. The van der Waals surface area contributed by atoms with Crippen molar-refractivity contribution in [3.8, 4) is 5.82 Å². The minimum Gasteiger partial charge on any atom is -0.364 e. The van der Waals surface area contributed by atoms with Crippen molar-refractivity contribution >= 4 is 22.5 Å². The van der Waals surface area contributed by atoms with Gasteiger partial charge in [0.15, 0.2) is 0 Å². The average molecular weight is 285 g/mol. The van der Waals surface area contributed by atoms with Crippen LogP contribution in [0.15, 0.2) is 30.6 Å². The van der Waals surface area contributed by atoms with E-state index in [9.17, 15) is 10.1 Å². The third kappa shape index (κ3) is 2.14. The Hall–Kier alpha value is -3.10. The number of fused-ring (bicyclic) bond motifs is 1. The molecule has 0 bridgehead atoms. The number of hydrogen-bond acceptors (Lipinski definition) is 7. The van der Waals surface area contributed by atoms with E-state index in [1.807, 2.05) is 13.0 Å². The fourth-order valence-electron chi connectivity index (χ4n) is 2.01. The first-order valence-corrected chi connectivity index (χ1v) is 6.26. The quantitative estimate of drug-likeness (QED) is 0.571. The molecule has 9 heteroatoms. The Bertz CT molecular complexity index is 814. The van der Waals surface area contributed by atoms with Gasteiger partial charge in [0.2, 0.25) is 11.6 Å². The van der Waals surface area contributed by atoms with E-state index in [4.69, 9.17) is 0 Å². The zero-order valence-electron chi connectivity index (χ0n) is 11.1. The van der Waals surface area contributed by atoms with Gasteiger partial charge in [0.05, 0.1) is 10.4 Å². The van der Waals surface area contributed by atoms with Crippen LogP contribution in [0.25, 0.3) is 16.9 Å². The predicted molar refractivity (Wildman–Crippen MR) is 75.3 cm³/mol. The number of hydrogen-bond donors (Lipinski definition) is 1. The van der Waals surface area contributed by atoms with Gasteiger partial charge in [0, 0.05) is 6.54 Å². The first kappa shape index (κ1) is 12.9. The highest BCUT2D eigenvalue weighted by Crippen LogP contribution is 2.28. The summed E-state index contributed by atoms with van der Waals surface area (Å²) in [5, 5.41) is 22.2. The molecule has 2 heterocycles. The maximum atomic E-state index is 11.4. The van der Waals surface area contributed by atoms with E-state index in [-0.39, 0.29) is 17.3 Å². The normalized spacial score (nSPS) is 10.7. The number of para-hydroxylation sites is 1. The van der Waals surface area contributed by atoms with Gasteiger partial charge in [-0.15, -0.1) is 5.10 Å². The van der Waals surface area contributed by atoms with Gasteiger partial charge in [-0.1, -0.05) is 17.3 Å². The molecule has 0 amide bonds. The van der Waals surface area contributed by atoms with Crippen molar-refractivity contribution in [1.29, 1.82) is 0 Å². The molecule has 9 nitrogen and oxygen atoms in total. The SMILES string of the molecule is CCNc1ncnc(-n2nnc3ccccc32)c1[N+](=O)[O-]. The molecule has 0 unspecified atom stereocenters. The fraction of sp³-hybridized carbons (Fsp3) is 0.167. The highest BCUT2D eigenvalue weighted by Gasteiger charge is 2.25. The second kappa shape index (κ2) is 5.12. The van der Waals surface area contributed by atoms with Gasteiger partial charge in [-0.05, 0) is 19.1 Å². The molecule has 3 aromatic rings. The summed E-state index contributed by atoms with van der Waals surface area (Å²) in [6, 6.07) is 7.17. The summed E-state index contributed by atoms with van der Waals surface area (Å²) >= 11 is 0. The van der Waals surface area contributed by atoms with Gasteiger partial charge in [-0.2, -0.15) is 4.68 Å². The van der Waals surface area contributed by atoms with Crippen LogP contribution in [0, 0.1) is 10.1 Å². The maximum absolute atomic E-state index is 11.4. The van der Waals surface area contributed by atoms with Crippen LogP contribution in [0.5, 0.6) is 0 Å². The number of nitrogens with zero attached hydrogens (tertiary/aromatic N) is 6. The summed E-state index contributed by atoms with van der Waals surface area (Å²) in [7, 11) is 0. The lowest BCUT2D eigenvalue weighted by atomic mass is 10.3. The van der Waals surface area contributed by atoms with Crippen molar-refractivity contribution in [2.75, 3.05) is 11.9 Å². The van der Waals surface area contributed by atoms with Crippen molar-refractivity contribution in [3.63, 3.8) is 0 Å². The van der Waals surface area contributed by atoms with E-state index >= 15 is 0 Å². The first-order valence-electron chi connectivity index (χ1n) is 6.26. The molecule has 0 atom stereocenters. The Kier molecular flexibility index (Phi) is 3.14. The molecular weight excluding hydrogens is 274 g/mol. The molecule has 0 spiro atoms. The van der Waals surface area contributed by atoms with Crippen LogP contribution in [0.4, 0.5) is 11.5 Å². The van der Waals surface area contributed by atoms with Gasteiger partial charge in [0.25, 0.3) is 0 Å². The lowest BCUT2D eigenvalue weighted by molar-refractivity contribution is -0.384. The van der Waals surface area contributed by atoms with E-state index in [0.717, 1.165) is 0 Å². The number of rotatable bonds is 4. The molecule has 0 aliphatic heterocycles.